The fraction of sp³-hybridized carbons (Fsp3) is 0.500. The number of anilines is 1. The Morgan fingerprint density at radius 2 is 2.14 bits per heavy atom. The van der Waals surface area contributed by atoms with Gasteiger partial charge < -0.3 is 15.3 Å². The maximum atomic E-state index is 9.27. The van der Waals surface area contributed by atoms with E-state index in [0.717, 1.165) is 37.4 Å². The Hall–Kier alpha value is -1.65. The third-order valence-electron chi connectivity index (χ3n) is 4.42. The van der Waals surface area contributed by atoms with E-state index in [1.54, 1.807) is 0 Å². The minimum absolute atomic E-state index is 0.329. The first kappa shape index (κ1) is 15.3. The van der Waals surface area contributed by atoms with Crippen molar-refractivity contribution in [1.29, 1.82) is 0 Å². The van der Waals surface area contributed by atoms with Crippen LogP contribution in [0.2, 0.25) is 0 Å². The SMILES string of the molecule is OCC1CCCN(CCCNc2ccc3ccccc3n2)C1. The largest absolute Gasteiger partial charge is 0.396 e. The van der Waals surface area contributed by atoms with Crippen LogP contribution in [0.3, 0.4) is 0 Å². The Bertz CT molecular complexity index is 602. The van der Waals surface area contributed by atoms with E-state index in [0.29, 0.717) is 12.5 Å². The van der Waals surface area contributed by atoms with E-state index in [1.165, 1.54) is 24.8 Å². The van der Waals surface area contributed by atoms with Crippen LogP contribution in [-0.2, 0) is 0 Å². The standard InChI is InChI=1S/C18H25N3O/c22-14-15-5-3-11-21(13-15)12-4-10-19-18-9-8-16-6-1-2-7-17(16)20-18/h1-2,6-9,15,22H,3-5,10-14H2,(H,19,20). The number of hydrogen-bond acceptors (Lipinski definition) is 4. The van der Waals surface area contributed by atoms with Crippen LogP contribution in [0.5, 0.6) is 0 Å². The number of aliphatic hydroxyl groups excluding tert-OH is 1. The monoisotopic (exact) mass is 299 g/mol. The molecule has 1 aromatic carbocycles. The summed E-state index contributed by atoms with van der Waals surface area (Å²) in [5.74, 6) is 1.43. The van der Waals surface area contributed by atoms with Gasteiger partial charge in [-0.3, -0.25) is 0 Å². The Labute approximate surface area is 132 Å². The van der Waals surface area contributed by atoms with Crippen molar-refractivity contribution in [2.24, 2.45) is 5.92 Å². The van der Waals surface area contributed by atoms with Gasteiger partial charge in [-0.15, -0.1) is 0 Å². The van der Waals surface area contributed by atoms with Gasteiger partial charge in [-0.25, -0.2) is 4.98 Å². The molecular formula is C18H25N3O. The van der Waals surface area contributed by atoms with Crippen LogP contribution < -0.4 is 5.32 Å². The number of likely N-dealkylation sites (tertiary alicyclic amines) is 1. The van der Waals surface area contributed by atoms with Crippen LogP contribution in [0, 0.1) is 5.92 Å². The predicted molar refractivity (Wildman–Crippen MR) is 91.1 cm³/mol. The van der Waals surface area contributed by atoms with E-state index in [-0.39, 0.29) is 0 Å². The minimum atomic E-state index is 0.329. The van der Waals surface area contributed by atoms with Crippen molar-refractivity contribution in [3.8, 4) is 0 Å². The maximum Gasteiger partial charge on any atom is 0.126 e. The average Bonchev–Trinajstić information content (AvgIpc) is 2.59. The summed E-state index contributed by atoms with van der Waals surface area (Å²) in [6, 6.07) is 12.3. The van der Waals surface area contributed by atoms with Crippen LogP contribution in [0.15, 0.2) is 36.4 Å². The zero-order valence-electron chi connectivity index (χ0n) is 13.0. The molecule has 1 aliphatic rings. The number of rotatable bonds is 6. The summed E-state index contributed by atoms with van der Waals surface area (Å²) in [4.78, 5) is 7.10. The fourth-order valence-electron chi connectivity index (χ4n) is 3.19. The number of fused-ring (bicyclic) bond motifs is 1. The molecule has 4 heteroatoms. The molecule has 0 spiro atoms. The Kier molecular flexibility index (Phi) is 5.24. The van der Waals surface area contributed by atoms with Crippen LogP contribution in [0.1, 0.15) is 19.3 Å². The van der Waals surface area contributed by atoms with E-state index in [1.807, 2.05) is 24.3 Å². The molecule has 0 amide bonds. The van der Waals surface area contributed by atoms with Crippen LogP contribution in [0.25, 0.3) is 10.9 Å². The van der Waals surface area contributed by atoms with Gasteiger partial charge in [0.15, 0.2) is 0 Å². The molecule has 4 nitrogen and oxygen atoms in total. The minimum Gasteiger partial charge on any atom is -0.396 e. The molecule has 0 saturated carbocycles. The van der Waals surface area contributed by atoms with Crippen LogP contribution >= 0.6 is 0 Å². The number of pyridine rings is 1. The highest BCUT2D eigenvalue weighted by molar-refractivity contribution is 5.79. The summed E-state index contributed by atoms with van der Waals surface area (Å²) in [7, 11) is 0. The first-order valence-corrected chi connectivity index (χ1v) is 8.28. The summed E-state index contributed by atoms with van der Waals surface area (Å²) in [6.45, 7) is 4.58. The van der Waals surface area contributed by atoms with E-state index in [9.17, 15) is 5.11 Å². The van der Waals surface area contributed by atoms with Gasteiger partial charge in [-0.2, -0.15) is 0 Å². The number of nitrogens with one attached hydrogen (secondary N) is 1. The summed E-state index contributed by atoms with van der Waals surface area (Å²) in [5, 5.41) is 13.9. The smallest absolute Gasteiger partial charge is 0.126 e. The molecule has 1 atom stereocenters. The first-order chi connectivity index (χ1) is 10.8. The normalized spacial score (nSPS) is 19.4. The summed E-state index contributed by atoms with van der Waals surface area (Å²) in [5.41, 5.74) is 1.04. The number of aliphatic hydroxyl groups is 1. The average molecular weight is 299 g/mol. The van der Waals surface area contributed by atoms with Gasteiger partial charge in [0, 0.05) is 25.1 Å². The number of hydrogen-bond donors (Lipinski definition) is 2. The Morgan fingerprint density at radius 3 is 3.05 bits per heavy atom. The number of piperidine rings is 1. The molecule has 2 aromatic rings. The van der Waals surface area contributed by atoms with Gasteiger partial charge in [-0.1, -0.05) is 18.2 Å². The predicted octanol–water partition coefficient (Wildman–Crippen LogP) is 2.74. The lowest BCUT2D eigenvalue weighted by molar-refractivity contribution is 0.120. The molecule has 2 N–H and O–H groups in total. The second-order valence-electron chi connectivity index (χ2n) is 6.16. The lowest BCUT2D eigenvalue weighted by atomic mass is 9.99. The molecule has 0 aliphatic carbocycles. The molecule has 1 aromatic heterocycles. The molecule has 118 valence electrons. The second kappa shape index (κ2) is 7.56. The molecule has 22 heavy (non-hydrogen) atoms. The number of benzene rings is 1. The highest BCUT2D eigenvalue weighted by atomic mass is 16.3. The highest BCUT2D eigenvalue weighted by Gasteiger charge is 2.18. The molecular weight excluding hydrogens is 274 g/mol. The van der Waals surface area contributed by atoms with Crippen molar-refractivity contribution in [2.75, 3.05) is 38.1 Å². The zero-order chi connectivity index (χ0) is 15.2. The summed E-state index contributed by atoms with van der Waals surface area (Å²) in [6.07, 6.45) is 3.49. The van der Waals surface area contributed by atoms with Gasteiger partial charge >= 0.3 is 0 Å². The Balaban J connectivity index is 1.44. The molecule has 2 heterocycles. The van der Waals surface area contributed by atoms with Gasteiger partial charge in [0.2, 0.25) is 0 Å². The Morgan fingerprint density at radius 1 is 1.23 bits per heavy atom. The third kappa shape index (κ3) is 3.96. The zero-order valence-corrected chi connectivity index (χ0v) is 13.0. The molecule has 0 radical (unpaired) electrons. The topological polar surface area (TPSA) is 48.4 Å². The van der Waals surface area contributed by atoms with Gasteiger partial charge in [0.05, 0.1) is 5.52 Å². The van der Waals surface area contributed by atoms with Crippen molar-refractivity contribution in [3.05, 3.63) is 36.4 Å². The van der Waals surface area contributed by atoms with Crippen LogP contribution in [-0.4, -0.2) is 47.8 Å². The van der Waals surface area contributed by atoms with E-state index >= 15 is 0 Å². The lowest BCUT2D eigenvalue weighted by Crippen LogP contribution is -2.37. The second-order valence-corrected chi connectivity index (χ2v) is 6.16. The van der Waals surface area contributed by atoms with Crippen molar-refractivity contribution in [2.45, 2.75) is 19.3 Å². The maximum absolute atomic E-state index is 9.27. The van der Waals surface area contributed by atoms with Gasteiger partial charge in [0.25, 0.3) is 0 Å². The third-order valence-corrected chi connectivity index (χ3v) is 4.42. The lowest BCUT2D eigenvalue weighted by Gasteiger charge is -2.31. The fourth-order valence-corrected chi connectivity index (χ4v) is 3.19. The quantitative estimate of drug-likeness (QED) is 0.805. The van der Waals surface area contributed by atoms with Crippen molar-refractivity contribution in [3.63, 3.8) is 0 Å². The summed E-state index contributed by atoms with van der Waals surface area (Å²) >= 11 is 0. The van der Waals surface area contributed by atoms with Crippen molar-refractivity contribution in [1.82, 2.24) is 9.88 Å². The molecule has 0 bridgehead atoms. The molecule has 3 rings (SSSR count). The number of nitrogens with zero attached hydrogens (tertiary/aromatic N) is 2. The van der Waals surface area contributed by atoms with Gasteiger partial charge in [0.1, 0.15) is 5.82 Å². The van der Waals surface area contributed by atoms with E-state index < -0.39 is 0 Å². The molecule has 1 fully saturated rings. The highest BCUT2D eigenvalue weighted by Crippen LogP contribution is 2.16. The summed E-state index contributed by atoms with van der Waals surface area (Å²) < 4.78 is 0. The van der Waals surface area contributed by atoms with Crippen LogP contribution in [0.4, 0.5) is 5.82 Å². The number of para-hydroxylation sites is 1. The van der Waals surface area contributed by atoms with Crippen molar-refractivity contribution >= 4 is 16.7 Å². The molecule has 1 saturated heterocycles. The first-order valence-electron chi connectivity index (χ1n) is 8.28. The van der Waals surface area contributed by atoms with Crippen molar-refractivity contribution < 1.29 is 5.11 Å². The molecule has 1 aliphatic heterocycles. The molecule has 1 unspecified atom stereocenters. The van der Waals surface area contributed by atoms with E-state index in [4.69, 9.17) is 0 Å². The van der Waals surface area contributed by atoms with Gasteiger partial charge in [-0.05, 0) is 56.5 Å². The van der Waals surface area contributed by atoms with E-state index in [2.05, 4.69) is 27.3 Å². The number of aromatic nitrogens is 1.